The molecule has 1 aliphatic carbocycles. The second-order valence-corrected chi connectivity index (χ2v) is 8.45. The molecule has 1 aromatic carbocycles. The van der Waals surface area contributed by atoms with Gasteiger partial charge in [-0.15, -0.1) is 0 Å². The third-order valence-electron chi connectivity index (χ3n) is 5.83. The molecule has 1 aromatic rings. The maximum absolute atomic E-state index is 13.4. The molecule has 2 atom stereocenters. The Balaban J connectivity index is 1.70. The molecule has 1 amide bonds. The summed E-state index contributed by atoms with van der Waals surface area (Å²) < 4.78 is 26.7. The lowest BCUT2D eigenvalue weighted by Crippen LogP contribution is -2.47. The molecule has 0 bridgehead atoms. The van der Waals surface area contributed by atoms with E-state index >= 15 is 0 Å². The third-order valence-corrected chi connectivity index (χ3v) is 6.67. The van der Waals surface area contributed by atoms with Crippen molar-refractivity contribution in [3.05, 3.63) is 33.8 Å². The number of carbonyl (C=O) groups excluding carboxylic acids is 2. The average molecular weight is 418 g/mol. The zero-order chi connectivity index (χ0) is 19.6. The maximum Gasteiger partial charge on any atom is 0.248 e. The fraction of sp³-hybridized carbons (Fsp3) is 0.600. The van der Waals surface area contributed by atoms with Crippen LogP contribution in [0.15, 0.2) is 18.2 Å². The van der Waals surface area contributed by atoms with Gasteiger partial charge in [-0.05, 0) is 43.2 Å². The first-order valence-electron chi connectivity index (χ1n) is 9.37. The molecule has 0 spiro atoms. The van der Waals surface area contributed by atoms with Crippen LogP contribution in [0.1, 0.15) is 56.4 Å². The molecule has 0 aromatic heterocycles. The molecule has 2 fully saturated rings. The minimum absolute atomic E-state index is 0.00652. The number of rotatable bonds is 5. The van der Waals surface area contributed by atoms with E-state index in [1.54, 1.807) is 11.0 Å². The molecular formula is C20H23Cl2F2NO2. The van der Waals surface area contributed by atoms with Gasteiger partial charge in [0.15, 0.2) is 0 Å². The lowest BCUT2D eigenvalue weighted by Gasteiger charge is -2.38. The van der Waals surface area contributed by atoms with Crippen LogP contribution in [0.25, 0.3) is 0 Å². The van der Waals surface area contributed by atoms with Crippen molar-refractivity contribution in [3.8, 4) is 0 Å². The number of benzene rings is 1. The molecule has 7 heteroatoms. The van der Waals surface area contributed by atoms with E-state index in [0.29, 0.717) is 48.7 Å². The van der Waals surface area contributed by atoms with Gasteiger partial charge in [-0.2, -0.15) is 0 Å². The van der Waals surface area contributed by atoms with Crippen LogP contribution in [0.3, 0.4) is 0 Å². The number of carbonyl (C=O) groups is 2. The fourth-order valence-corrected chi connectivity index (χ4v) is 4.68. The molecular weight excluding hydrogens is 395 g/mol. The number of likely N-dealkylation sites (tertiary alicyclic amines) is 1. The quantitative estimate of drug-likeness (QED) is 0.594. The van der Waals surface area contributed by atoms with Crippen molar-refractivity contribution in [3.63, 3.8) is 0 Å². The van der Waals surface area contributed by atoms with Crippen LogP contribution in [-0.2, 0) is 9.59 Å². The summed E-state index contributed by atoms with van der Waals surface area (Å²) in [6.07, 6.45) is 2.72. The summed E-state index contributed by atoms with van der Waals surface area (Å²) in [5.74, 6) is -2.61. The van der Waals surface area contributed by atoms with Crippen LogP contribution in [0.5, 0.6) is 0 Å². The molecule has 27 heavy (non-hydrogen) atoms. The van der Waals surface area contributed by atoms with Crippen LogP contribution in [0.4, 0.5) is 8.78 Å². The van der Waals surface area contributed by atoms with Gasteiger partial charge in [-0.1, -0.05) is 35.3 Å². The molecule has 1 saturated carbocycles. The highest BCUT2D eigenvalue weighted by Gasteiger charge is 2.38. The van der Waals surface area contributed by atoms with E-state index in [9.17, 15) is 18.4 Å². The highest BCUT2D eigenvalue weighted by atomic mass is 35.5. The van der Waals surface area contributed by atoms with Crippen LogP contribution in [0.2, 0.25) is 10.0 Å². The lowest BCUT2D eigenvalue weighted by atomic mass is 9.82. The summed E-state index contributed by atoms with van der Waals surface area (Å²) in [6.45, 7) is 0.394. The first-order valence-corrected chi connectivity index (χ1v) is 10.1. The molecule has 1 saturated heterocycles. The van der Waals surface area contributed by atoms with Crippen molar-refractivity contribution < 1.29 is 18.4 Å². The molecule has 2 unspecified atom stereocenters. The highest BCUT2D eigenvalue weighted by Crippen LogP contribution is 2.40. The minimum atomic E-state index is -2.59. The molecule has 3 nitrogen and oxygen atoms in total. The van der Waals surface area contributed by atoms with Crippen LogP contribution >= 0.6 is 23.2 Å². The second-order valence-electron chi connectivity index (χ2n) is 7.66. The largest absolute Gasteiger partial charge is 0.332 e. The second kappa shape index (κ2) is 8.44. The van der Waals surface area contributed by atoms with Gasteiger partial charge in [0.1, 0.15) is 6.29 Å². The number of piperidine rings is 1. The number of alkyl halides is 2. The Morgan fingerprint density at radius 2 is 1.93 bits per heavy atom. The Morgan fingerprint density at radius 1 is 1.22 bits per heavy atom. The Bertz CT molecular complexity index is 703. The van der Waals surface area contributed by atoms with E-state index in [4.69, 9.17) is 23.2 Å². The maximum atomic E-state index is 13.4. The molecule has 0 N–H and O–H groups in total. The number of nitrogens with zero attached hydrogens (tertiary/aromatic N) is 1. The van der Waals surface area contributed by atoms with E-state index in [1.807, 2.05) is 12.1 Å². The van der Waals surface area contributed by atoms with Gasteiger partial charge < -0.3 is 9.69 Å². The molecule has 148 valence electrons. The highest BCUT2D eigenvalue weighted by molar-refractivity contribution is 6.42. The third kappa shape index (κ3) is 4.80. The smallest absolute Gasteiger partial charge is 0.248 e. The van der Waals surface area contributed by atoms with E-state index < -0.39 is 12.0 Å². The van der Waals surface area contributed by atoms with Gasteiger partial charge in [0, 0.05) is 31.7 Å². The summed E-state index contributed by atoms with van der Waals surface area (Å²) in [6, 6.07) is 4.86. The predicted molar refractivity (Wildman–Crippen MR) is 102 cm³/mol. The van der Waals surface area contributed by atoms with Crippen molar-refractivity contribution in [2.75, 3.05) is 6.54 Å². The van der Waals surface area contributed by atoms with Crippen molar-refractivity contribution >= 4 is 35.4 Å². The Morgan fingerprint density at radius 3 is 2.59 bits per heavy atom. The summed E-state index contributed by atoms with van der Waals surface area (Å²) in [7, 11) is 0. The molecule has 2 aliphatic rings. The summed E-state index contributed by atoms with van der Waals surface area (Å²) >= 11 is 12.4. The van der Waals surface area contributed by atoms with Crippen molar-refractivity contribution in [1.82, 2.24) is 4.90 Å². The van der Waals surface area contributed by atoms with Gasteiger partial charge in [-0.25, -0.2) is 8.78 Å². The Kier molecular flexibility index (Phi) is 6.42. The van der Waals surface area contributed by atoms with Gasteiger partial charge in [0.05, 0.1) is 16.1 Å². The lowest BCUT2D eigenvalue weighted by molar-refractivity contribution is -0.140. The van der Waals surface area contributed by atoms with Crippen molar-refractivity contribution in [2.24, 2.45) is 5.92 Å². The summed E-state index contributed by atoms with van der Waals surface area (Å²) in [5, 5.41) is 0.948. The molecule has 1 aliphatic heterocycles. The topological polar surface area (TPSA) is 37.4 Å². The average Bonchev–Trinajstić information content (AvgIpc) is 2.64. The van der Waals surface area contributed by atoms with Gasteiger partial charge >= 0.3 is 0 Å². The first kappa shape index (κ1) is 20.5. The fourth-order valence-electron chi connectivity index (χ4n) is 4.22. The van der Waals surface area contributed by atoms with E-state index in [0.717, 1.165) is 11.8 Å². The van der Waals surface area contributed by atoms with Crippen LogP contribution in [-0.4, -0.2) is 35.6 Å². The van der Waals surface area contributed by atoms with E-state index in [-0.39, 0.29) is 30.6 Å². The molecule has 3 rings (SSSR count). The monoisotopic (exact) mass is 417 g/mol. The predicted octanol–water partition coefficient (Wildman–Crippen LogP) is 5.48. The zero-order valence-corrected chi connectivity index (χ0v) is 16.5. The number of halogens is 4. The van der Waals surface area contributed by atoms with E-state index in [2.05, 4.69) is 0 Å². The molecule has 1 heterocycles. The van der Waals surface area contributed by atoms with Gasteiger partial charge in [-0.3, -0.25) is 4.79 Å². The number of amides is 1. The summed E-state index contributed by atoms with van der Waals surface area (Å²) in [5.41, 5.74) is 0.878. The van der Waals surface area contributed by atoms with Crippen molar-refractivity contribution in [2.45, 2.75) is 62.8 Å². The van der Waals surface area contributed by atoms with Crippen molar-refractivity contribution in [1.29, 1.82) is 0 Å². The van der Waals surface area contributed by atoms with E-state index in [1.165, 1.54) is 0 Å². The van der Waals surface area contributed by atoms with Gasteiger partial charge in [0.25, 0.3) is 0 Å². The Labute approximate surface area is 168 Å². The standard InChI is InChI=1S/C20H23Cl2F2NO2/c21-17-3-1-2-16(19(17)22)14-4-5-18(27)25(11-14)15(12-26)10-13-6-8-20(23,24)9-7-13/h1-3,12-15H,4-11H2. The minimum Gasteiger partial charge on any atom is -0.332 e. The van der Waals surface area contributed by atoms with Crippen LogP contribution in [0, 0.1) is 5.92 Å². The number of hydrogen-bond donors (Lipinski definition) is 0. The number of aldehydes is 1. The van der Waals surface area contributed by atoms with Crippen LogP contribution < -0.4 is 0 Å². The summed E-state index contributed by atoms with van der Waals surface area (Å²) in [4.78, 5) is 25.8. The van der Waals surface area contributed by atoms with Gasteiger partial charge in [0.2, 0.25) is 11.8 Å². The SMILES string of the molecule is O=CC(CC1CCC(F)(F)CC1)N1CC(c2cccc(Cl)c2Cl)CCC1=O. The number of hydrogen-bond acceptors (Lipinski definition) is 2. The normalized spacial score (nSPS) is 24.7. The zero-order valence-electron chi connectivity index (χ0n) is 15.0. The first-order chi connectivity index (χ1) is 12.8. The molecule has 0 radical (unpaired) electrons. The Hall–Kier alpha value is -1.20.